The number of aryl methyl sites for hydroxylation is 1. The number of amides is 2. The van der Waals surface area contributed by atoms with Crippen molar-refractivity contribution >= 4 is 17.5 Å². The van der Waals surface area contributed by atoms with Gasteiger partial charge in [0.25, 0.3) is 0 Å². The summed E-state index contributed by atoms with van der Waals surface area (Å²) in [6.07, 6.45) is 4.57. The van der Waals surface area contributed by atoms with Crippen LogP contribution in [0, 0.1) is 5.92 Å². The highest BCUT2D eigenvalue weighted by Crippen LogP contribution is 2.33. The molecular formula is C20H27N3O2. The molecule has 3 fully saturated rings. The van der Waals surface area contributed by atoms with Crippen LogP contribution in [0.25, 0.3) is 0 Å². The minimum absolute atomic E-state index is 0.0721. The summed E-state index contributed by atoms with van der Waals surface area (Å²) in [5.41, 5.74) is 2.18. The lowest BCUT2D eigenvalue weighted by Gasteiger charge is -2.30. The number of nitrogens with zero attached hydrogens (tertiary/aromatic N) is 2. The molecule has 3 heterocycles. The fourth-order valence-corrected chi connectivity index (χ4v) is 4.59. The number of hydrogen-bond donors (Lipinski definition) is 1. The van der Waals surface area contributed by atoms with E-state index < -0.39 is 0 Å². The van der Waals surface area contributed by atoms with Crippen LogP contribution in [-0.2, 0) is 16.0 Å². The Morgan fingerprint density at radius 3 is 2.68 bits per heavy atom. The highest BCUT2D eigenvalue weighted by atomic mass is 16.2. The Labute approximate surface area is 149 Å². The quantitative estimate of drug-likeness (QED) is 0.914. The number of carbonyl (C=O) groups is 2. The van der Waals surface area contributed by atoms with E-state index in [9.17, 15) is 9.59 Å². The summed E-state index contributed by atoms with van der Waals surface area (Å²) in [6.45, 7) is 4.52. The van der Waals surface area contributed by atoms with Gasteiger partial charge in [-0.15, -0.1) is 0 Å². The SMILES string of the molecule is CCc1ccc(N2CC(C(=O)N3C4CCNCC3CC4)CC2=O)cc1. The highest BCUT2D eigenvalue weighted by molar-refractivity contribution is 6.00. The second-order valence-electron chi connectivity index (χ2n) is 7.55. The summed E-state index contributed by atoms with van der Waals surface area (Å²) < 4.78 is 0. The van der Waals surface area contributed by atoms with Crippen molar-refractivity contribution in [2.75, 3.05) is 24.5 Å². The van der Waals surface area contributed by atoms with Crippen molar-refractivity contribution in [3.63, 3.8) is 0 Å². The van der Waals surface area contributed by atoms with Crippen LogP contribution in [0.3, 0.4) is 0 Å². The van der Waals surface area contributed by atoms with Crippen molar-refractivity contribution < 1.29 is 9.59 Å². The van der Waals surface area contributed by atoms with E-state index in [0.29, 0.717) is 25.0 Å². The average Bonchev–Trinajstić information content (AvgIpc) is 3.13. The first-order valence-corrected chi connectivity index (χ1v) is 9.59. The standard InChI is InChI=1S/C20H27N3O2/c1-2-14-3-5-16(6-4-14)22-13-15(11-19(22)24)20(25)23-17-7-8-18(23)12-21-10-9-17/h3-6,15,17-18,21H,2,7-13H2,1H3. The zero-order valence-electron chi connectivity index (χ0n) is 14.9. The molecule has 0 radical (unpaired) electrons. The lowest BCUT2D eigenvalue weighted by molar-refractivity contribution is -0.138. The maximum absolute atomic E-state index is 13.2. The molecule has 3 saturated heterocycles. The smallest absolute Gasteiger partial charge is 0.228 e. The monoisotopic (exact) mass is 341 g/mol. The molecule has 3 aliphatic rings. The molecule has 1 N–H and O–H groups in total. The third-order valence-electron chi connectivity index (χ3n) is 6.04. The van der Waals surface area contributed by atoms with Gasteiger partial charge in [-0.2, -0.15) is 0 Å². The van der Waals surface area contributed by atoms with Gasteiger partial charge in [0.15, 0.2) is 0 Å². The second kappa shape index (κ2) is 6.79. The van der Waals surface area contributed by atoms with Crippen molar-refractivity contribution in [1.82, 2.24) is 10.2 Å². The van der Waals surface area contributed by atoms with Gasteiger partial charge in [0.2, 0.25) is 11.8 Å². The lowest BCUT2D eigenvalue weighted by Crippen LogP contribution is -2.46. The fraction of sp³-hybridized carbons (Fsp3) is 0.600. The minimum Gasteiger partial charge on any atom is -0.335 e. The van der Waals surface area contributed by atoms with Gasteiger partial charge in [-0.05, 0) is 49.9 Å². The number of fused-ring (bicyclic) bond motifs is 2. The Kier molecular flexibility index (Phi) is 4.50. The molecule has 3 unspecified atom stereocenters. The molecule has 0 aliphatic carbocycles. The number of carbonyl (C=O) groups excluding carboxylic acids is 2. The summed E-state index contributed by atoms with van der Waals surface area (Å²) in [5, 5.41) is 3.44. The first-order chi connectivity index (χ1) is 12.2. The molecule has 1 aromatic rings. The van der Waals surface area contributed by atoms with Crippen LogP contribution in [0.5, 0.6) is 0 Å². The molecule has 5 nitrogen and oxygen atoms in total. The van der Waals surface area contributed by atoms with Gasteiger partial charge in [0.1, 0.15) is 0 Å². The van der Waals surface area contributed by atoms with Crippen molar-refractivity contribution in [2.45, 2.75) is 51.1 Å². The van der Waals surface area contributed by atoms with Gasteiger partial charge in [-0.1, -0.05) is 19.1 Å². The van der Waals surface area contributed by atoms with Crippen LogP contribution in [0.2, 0.25) is 0 Å². The molecule has 2 bridgehead atoms. The second-order valence-corrected chi connectivity index (χ2v) is 7.55. The molecule has 0 aromatic heterocycles. The van der Waals surface area contributed by atoms with Crippen molar-refractivity contribution in [2.24, 2.45) is 5.92 Å². The summed E-state index contributed by atoms with van der Waals surface area (Å²) in [5.74, 6) is 0.0691. The Bertz CT molecular complexity index is 643. The van der Waals surface area contributed by atoms with Gasteiger partial charge >= 0.3 is 0 Å². The minimum atomic E-state index is -0.195. The van der Waals surface area contributed by atoms with E-state index in [2.05, 4.69) is 29.3 Å². The van der Waals surface area contributed by atoms with Crippen LogP contribution >= 0.6 is 0 Å². The molecule has 4 rings (SSSR count). The topological polar surface area (TPSA) is 52.7 Å². The molecule has 3 aliphatic heterocycles. The highest BCUT2D eigenvalue weighted by Gasteiger charge is 2.44. The van der Waals surface area contributed by atoms with Crippen LogP contribution in [-0.4, -0.2) is 48.4 Å². The number of anilines is 1. The molecule has 3 atom stereocenters. The van der Waals surface area contributed by atoms with Crippen molar-refractivity contribution in [3.05, 3.63) is 29.8 Å². The summed E-state index contributed by atoms with van der Waals surface area (Å²) in [4.78, 5) is 29.6. The van der Waals surface area contributed by atoms with Crippen LogP contribution in [0.15, 0.2) is 24.3 Å². The van der Waals surface area contributed by atoms with Gasteiger partial charge in [0.05, 0.1) is 5.92 Å². The van der Waals surface area contributed by atoms with E-state index in [-0.39, 0.29) is 17.7 Å². The van der Waals surface area contributed by atoms with Crippen molar-refractivity contribution in [3.8, 4) is 0 Å². The molecule has 1 aromatic carbocycles. The van der Waals surface area contributed by atoms with Crippen LogP contribution in [0.4, 0.5) is 5.69 Å². The molecule has 0 spiro atoms. The molecule has 0 saturated carbocycles. The Morgan fingerprint density at radius 2 is 1.92 bits per heavy atom. The maximum atomic E-state index is 13.2. The zero-order chi connectivity index (χ0) is 17.4. The van der Waals surface area contributed by atoms with E-state index in [0.717, 1.165) is 44.5 Å². The summed E-state index contributed by atoms with van der Waals surface area (Å²) in [7, 11) is 0. The summed E-state index contributed by atoms with van der Waals surface area (Å²) in [6, 6.07) is 8.82. The van der Waals surface area contributed by atoms with Crippen LogP contribution in [0.1, 0.15) is 38.2 Å². The molecule has 25 heavy (non-hydrogen) atoms. The first kappa shape index (κ1) is 16.6. The normalized spacial score (nSPS) is 29.2. The first-order valence-electron chi connectivity index (χ1n) is 9.59. The Hall–Kier alpha value is -1.88. The van der Waals surface area contributed by atoms with Crippen molar-refractivity contribution in [1.29, 1.82) is 0 Å². The zero-order valence-corrected chi connectivity index (χ0v) is 14.9. The maximum Gasteiger partial charge on any atom is 0.228 e. The van der Waals surface area contributed by atoms with E-state index in [1.54, 1.807) is 4.90 Å². The lowest BCUT2D eigenvalue weighted by atomic mass is 10.1. The van der Waals surface area contributed by atoms with E-state index in [4.69, 9.17) is 0 Å². The summed E-state index contributed by atoms with van der Waals surface area (Å²) >= 11 is 0. The fourth-order valence-electron chi connectivity index (χ4n) is 4.59. The van der Waals surface area contributed by atoms with E-state index in [1.807, 2.05) is 12.1 Å². The molecule has 134 valence electrons. The molecule has 5 heteroatoms. The molecule has 2 amide bonds. The van der Waals surface area contributed by atoms with E-state index in [1.165, 1.54) is 5.56 Å². The number of hydrogen-bond acceptors (Lipinski definition) is 3. The third-order valence-corrected chi connectivity index (χ3v) is 6.04. The van der Waals surface area contributed by atoms with Gasteiger partial charge in [0, 0.05) is 37.3 Å². The molecular weight excluding hydrogens is 314 g/mol. The largest absolute Gasteiger partial charge is 0.335 e. The Balaban J connectivity index is 1.48. The number of rotatable bonds is 3. The number of benzene rings is 1. The van der Waals surface area contributed by atoms with Gasteiger partial charge < -0.3 is 15.1 Å². The third kappa shape index (κ3) is 3.06. The predicted molar refractivity (Wildman–Crippen MR) is 97.4 cm³/mol. The van der Waals surface area contributed by atoms with Gasteiger partial charge in [-0.3, -0.25) is 9.59 Å². The Morgan fingerprint density at radius 1 is 1.16 bits per heavy atom. The number of nitrogens with one attached hydrogen (secondary N) is 1. The van der Waals surface area contributed by atoms with E-state index >= 15 is 0 Å². The predicted octanol–water partition coefficient (Wildman–Crippen LogP) is 1.95. The van der Waals surface area contributed by atoms with Crippen LogP contribution < -0.4 is 10.2 Å². The van der Waals surface area contributed by atoms with Gasteiger partial charge in [-0.25, -0.2) is 0 Å². The average molecular weight is 341 g/mol.